The molecule has 0 aliphatic heterocycles. The third kappa shape index (κ3) is 4.47. The van der Waals surface area contributed by atoms with E-state index in [2.05, 4.69) is 22.1 Å². The molecule has 2 aromatic carbocycles. The zero-order valence-corrected chi connectivity index (χ0v) is 20.0. The molecule has 0 aliphatic carbocycles. The third-order valence-corrected chi connectivity index (χ3v) is 6.81. The van der Waals surface area contributed by atoms with Gasteiger partial charge in [0.1, 0.15) is 5.82 Å². The molecule has 1 N–H and O–H groups in total. The first-order valence-corrected chi connectivity index (χ1v) is 12.8. The van der Waals surface area contributed by atoms with Crippen LogP contribution in [0.1, 0.15) is 22.8 Å². The predicted molar refractivity (Wildman–Crippen MR) is 134 cm³/mol. The first kappa shape index (κ1) is 22.0. The minimum Gasteiger partial charge on any atom is -0.340 e. The number of benzene rings is 2. The Morgan fingerprint density at radius 2 is 1.62 bits per heavy atom. The zero-order valence-electron chi connectivity index (χ0n) is 19.2. The molecule has 0 fully saturated rings. The summed E-state index contributed by atoms with van der Waals surface area (Å²) in [6, 6.07) is 23.1. The Labute approximate surface area is 198 Å². The number of aromatic nitrogens is 4. The largest absolute Gasteiger partial charge is 0.340 e. The second-order valence-corrected chi connectivity index (χ2v) is 10.5. The number of hydrogen-bond donors (Lipinski definition) is 1. The van der Waals surface area contributed by atoms with Gasteiger partial charge in [0.15, 0.2) is 9.84 Å². The number of aryl methyl sites for hydroxylation is 2. The van der Waals surface area contributed by atoms with Crippen molar-refractivity contribution < 1.29 is 8.42 Å². The number of nitrogens with zero attached hydrogens (tertiary/aromatic N) is 3. The molecule has 34 heavy (non-hydrogen) atoms. The summed E-state index contributed by atoms with van der Waals surface area (Å²) < 4.78 is 24.0. The first-order valence-electron chi connectivity index (χ1n) is 11.0. The Bertz CT molecular complexity index is 1640. The number of aromatic amines is 1. The molecule has 6 nitrogen and oxygen atoms in total. The summed E-state index contributed by atoms with van der Waals surface area (Å²) in [4.78, 5) is 18.0. The van der Waals surface area contributed by atoms with Gasteiger partial charge >= 0.3 is 0 Å². The van der Waals surface area contributed by atoms with E-state index < -0.39 is 9.84 Å². The van der Waals surface area contributed by atoms with Crippen molar-refractivity contribution >= 4 is 20.7 Å². The van der Waals surface area contributed by atoms with Crippen LogP contribution < -0.4 is 0 Å². The SMILES string of the molecule is Cc1cccc(-c2[nH]c(Cc3cccc(S(C)(=O)=O)c3)nc2-c2ccc3nc(C)ccc3c2)n1. The highest BCUT2D eigenvalue weighted by Crippen LogP contribution is 2.32. The normalized spacial score (nSPS) is 11.7. The molecule has 0 atom stereocenters. The van der Waals surface area contributed by atoms with Crippen LogP contribution in [0.15, 0.2) is 77.7 Å². The van der Waals surface area contributed by atoms with E-state index in [1.807, 2.05) is 56.3 Å². The van der Waals surface area contributed by atoms with Gasteiger partial charge in [0.25, 0.3) is 0 Å². The highest BCUT2D eigenvalue weighted by atomic mass is 32.2. The predicted octanol–water partition coefficient (Wildman–Crippen LogP) is 5.30. The van der Waals surface area contributed by atoms with E-state index in [9.17, 15) is 8.42 Å². The number of imidazole rings is 1. The molecule has 0 saturated heterocycles. The van der Waals surface area contributed by atoms with Gasteiger partial charge in [-0.3, -0.25) is 9.97 Å². The summed E-state index contributed by atoms with van der Waals surface area (Å²) >= 11 is 0. The van der Waals surface area contributed by atoms with Crippen molar-refractivity contribution in [2.75, 3.05) is 6.26 Å². The molecule has 0 aliphatic rings. The quantitative estimate of drug-likeness (QED) is 0.378. The van der Waals surface area contributed by atoms with Crippen molar-refractivity contribution in [2.24, 2.45) is 0 Å². The van der Waals surface area contributed by atoms with Gasteiger partial charge in [0.2, 0.25) is 0 Å². The van der Waals surface area contributed by atoms with Crippen LogP contribution in [-0.4, -0.2) is 34.6 Å². The molecule has 7 heteroatoms. The molecule has 0 radical (unpaired) electrons. The number of fused-ring (bicyclic) bond motifs is 1. The molecular weight excluding hydrogens is 444 g/mol. The van der Waals surface area contributed by atoms with Crippen LogP contribution >= 0.6 is 0 Å². The molecule has 0 spiro atoms. The molecule has 3 aromatic heterocycles. The van der Waals surface area contributed by atoms with E-state index in [0.717, 1.165) is 56.3 Å². The molecule has 170 valence electrons. The Kier molecular flexibility index (Phi) is 5.49. The minimum atomic E-state index is -3.28. The molecule has 3 heterocycles. The van der Waals surface area contributed by atoms with Gasteiger partial charge in [-0.1, -0.05) is 30.3 Å². The molecule has 0 saturated carbocycles. The van der Waals surface area contributed by atoms with E-state index in [4.69, 9.17) is 9.97 Å². The standard InChI is InChI=1S/C27H24N4O2S/c1-17-6-4-9-24(29-17)27-26(21-12-13-23-20(16-21)11-10-18(2)28-23)30-25(31-27)15-19-7-5-8-22(14-19)34(3,32)33/h4-14,16H,15H2,1-3H3,(H,30,31). The van der Waals surface area contributed by atoms with E-state index in [0.29, 0.717) is 11.3 Å². The van der Waals surface area contributed by atoms with Crippen molar-refractivity contribution in [2.45, 2.75) is 25.2 Å². The third-order valence-electron chi connectivity index (χ3n) is 5.70. The molecule has 5 rings (SSSR count). The number of nitrogens with one attached hydrogen (secondary N) is 1. The highest BCUT2D eigenvalue weighted by molar-refractivity contribution is 7.90. The lowest BCUT2D eigenvalue weighted by molar-refractivity contribution is 0.601. The Balaban J connectivity index is 1.62. The van der Waals surface area contributed by atoms with Gasteiger partial charge in [-0.05, 0) is 61.9 Å². The maximum Gasteiger partial charge on any atom is 0.175 e. The van der Waals surface area contributed by atoms with Crippen LogP contribution in [0.4, 0.5) is 0 Å². The van der Waals surface area contributed by atoms with Crippen molar-refractivity contribution in [1.29, 1.82) is 0 Å². The van der Waals surface area contributed by atoms with Gasteiger partial charge < -0.3 is 4.98 Å². The van der Waals surface area contributed by atoms with E-state index in [-0.39, 0.29) is 0 Å². The van der Waals surface area contributed by atoms with Crippen LogP contribution in [0.5, 0.6) is 0 Å². The zero-order chi connectivity index (χ0) is 23.9. The van der Waals surface area contributed by atoms with E-state index in [1.165, 1.54) is 6.26 Å². The number of hydrogen-bond acceptors (Lipinski definition) is 5. The lowest BCUT2D eigenvalue weighted by Crippen LogP contribution is -1.99. The summed E-state index contributed by atoms with van der Waals surface area (Å²) in [5, 5.41) is 1.04. The Morgan fingerprint density at radius 1 is 0.824 bits per heavy atom. The lowest BCUT2D eigenvalue weighted by atomic mass is 10.0. The number of rotatable bonds is 5. The average Bonchev–Trinajstić information content (AvgIpc) is 3.22. The maximum atomic E-state index is 12.0. The fourth-order valence-corrected chi connectivity index (χ4v) is 4.73. The van der Waals surface area contributed by atoms with E-state index >= 15 is 0 Å². The van der Waals surface area contributed by atoms with Gasteiger partial charge in [-0.2, -0.15) is 0 Å². The monoisotopic (exact) mass is 468 g/mol. The number of pyridine rings is 2. The van der Waals surface area contributed by atoms with Gasteiger partial charge in [-0.15, -0.1) is 0 Å². The van der Waals surface area contributed by atoms with Crippen LogP contribution in [0, 0.1) is 13.8 Å². The summed E-state index contributed by atoms with van der Waals surface area (Å²) in [5.41, 5.74) is 7.09. The van der Waals surface area contributed by atoms with Crippen LogP contribution in [0.25, 0.3) is 33.5 Å². The minimum absolute atomic E-state index is 0.301. The van der Waals surface area contributed by atoms with E-state index in [1.54, 1.807) is 18.2 Å². The molecule has 0 bridgehead atoms. The fraction of sp³-hybridized carbons (Fsp3) is 0.148. The maximum absolute atomic E-state index is 12.0. The number of sulfone groups is 1. The van der Waals surface area contributed by atoms with Crippen LogP contribution in [-0.2, 0) is 16.3 Å². The fourth-order valence-electron chi connectivity index (χ4n) is 4.04. The van der Waals surface area contributed by atoms with Gasteiger partial charge in [0.05, 0.1) is 27.5 Å². The lowest BCUT2D eigenvalue weighted by Gasteiger charge is -2.05. The van der Waals surface area contributed by atoms with Crippen LogP contribution in [0.3, 0.4) is 0 Å². The summed E-state index contributed by atoms with van der Waals surface area (Å²) in [5.74, 6) is 0.737. The molecule has 0 amide bonds. The summed E-state index contributed by atoms with van der Waals surface area (Å²) in [6.07, 6.45) is 1.69. The van der Waals surface area contributed by atoms with Gasteiger partial charge in [-0.25, -0.2) is 13.4 Å². The van der Waals surface area contributed by atoms with Crippen molar-refractivity contribution in [3.8, 4) is 22.6 Å². The highest BCUT2D eigenvalue weighted by Gasteiger charge is 2.17. The first-order chi connectivity index (χ1) is 16.3. The average molecular weight is 469 g/mol. The Hall–Kier alpha value is -3.84. The Morgan fingerprint density at radius 3 is 2.41 bits per heavy atom. The summed E-state index contributed by atoms with van der Waals surface area (Å²) in [7, 11) is -3.28. The number of H-pyrrole nitrogens is 1. The summed E-state index contributed by atoms with van der Waals surface area (Å²) in [6.45, 7) is 3.94. The van der Waals surface area contributed by atoms with Crippen LogP contribution in [0.2, 0.25) is 0 Å². The second kappa shape index (κ2) is 8.50. The topological polar surface area (TPSA) is 88.6 Å². The molecular formula is C27H24N4O2S. The molecule has 5 aromatic rings. The van der Waals surface area contributed by atoms with Crippen molar-refractivity contribution in [1.82, 2.24) is 19.9 Å². The molecule has 0 unspecified atom stereocenters. The second-order valence-electron chi connectivity index (χ2n) is 8.53. The smallest absolute Gasteiger partial charge is 0.175 e. The van der Waals surface area contributed by atoms with Gasteiger partial charge in [0, 0.05) is 35.0 Å². The van der Waals surface area contributed by atoms with Crippen molar-refractivity contribution in [3.05, 3.63) is 95.6 Å². The van der Waals surface area contributed by atoms with Crippen molar-refractivity contribution in [3.63, 3.8) is 0 Å².